The average molecular weight is 186 g/mol. The van der Waals surface area contributed by atoms with E-state index in [-0.39, 0.29) is 11.9 Å². The van der Waals surface area contributed by atoms with E-state index in [1.807, 2.05) is 6.92 Å². The lowest BCUT2D eigenvalue weighted by molar-refractivity contribution is -0.122. The zero-order valence-electron chi connectivity index (χ0n) is 9.35. The number of carbonyl (C=O) groups is 1. The molecule has 0 saturated heterocycles. The highest BCUT2D eigenvalue weighted by Crippen LogP contribution is 2.07. The summed E-state index contributed by atoms with van der Waals surface area (Å²) in [6, 6.07) is -0.0915. The summed E-state index contributed by atoms with van der Waals surface area (Å²) >= 11 is 0. The lowest BCUT2D eigenvalue weighted by atomic mass is 9.98. The molecule has 2 unspecified atom stereocenters. The number of carbonyl (C=O) groups excluding carboxylic acids is 1. The van der Waals surface area contributed by atoms with Crippen molar-refractivity contribution in [1.82, 2.24) is 10.6 Å². The third-order valence-electron chi connectivity index (χ3n) is 2.52. The van der Waals surface area contributed by atoms with Gasteiger partial charge in [-0.3, -0.25) is 4.79 Å². The molecule has 0 saturated carbocycles. The summed E-state index contributed by atoms with van der Waals surface area (Å²) in [5.41, 5.74) is 0. The van der Waals surface area contributed by atoms with Gasteiger partial charge in [0.2, 0.25) is 5.91 Å². The Labute approximate surface area is 81.3 Å². The molecule has 0 aromatic rings. The molecule has 3 heteroatoms. The van der Waals surface area contributed by atoms with Crippen molar-refractivity contribution < 1.29 is 4.79 Å². The quantitative estimate of drug-likeness (QED) is 0.672. The van der Waals surface area contributed by atoms with Crippen LogP contribution in [0, 0.1) is 11.8 Å². The lowest BCUT2D eigenvalue weighted by Crippen LogP contribution is -2.42. The first kappa shape index (κ1) is 12.4. The average Bonchev–Trinajstić information content (AvgIpc) is 2.11. The van der Waals surface area contributed by atoms with Crippen molar-refractivity contribution in [3.63, 3.8) is 0 Å². The summed E-state index contributed by atoms with van der Waals surface area (Å²) in [7, 11) is 1.66. The Morgan fingerprint density at radius 3 is 2.15 bits per heavy atom. The first-order valence-corrected chi connectivity index (χ1v) is 4.94. The van der Waals surface area contributed by atoms with Crippen molar-refractivity contribution in [3.05, 3.63) is 0 Å². The maximum Gasteiger partial charge on any atom is 0.236 e. The summed E-state index contributed by atoms with van der Waals surface area (Å²) in [4.78, 5) is 11.1. The monoisotopic (exact) mass is 186 g/mol. The molecule has 3 nitrogen and oxygen atoms in total. The first-order chi connectivity index (χ1) is 5.99. The van der Waals surface area contributed by atoms with Gasteiger partial charge in [0.05, 0.1) is 6.04 Å². The fourth-order valence-corrected chi connectivity index (χ4v) is 0.908. The Morgan fingerprint density at radius 1 is 1.23 bits per heavy atom. The maximum absolute atomic E-state index is 11.1. The molecule has 13 heavy (non-hydrogen) atoms. The Kier molecular flexibility index (Phi) is 5.71. The van der Waals surface area contributed by atoms with Gasteiger partial charge in [0.15, 0.2) is 0 Å². The van der Waals surface area contributed by atoms with E-state index in [0.717, 1.165) is 6.54 Å². The third-order valence-corrected chi connectivity index (χ3v) is 2.52. The smallest absolute Gasteiger partial charge is 0.236 e. The Balaban J connectivity index is 3.69. The van der Waals surface area contributed by atoms with Crippen molar-refractivity contribution in [3.8, 4) is 0 Å². The standard InChI is InChI=1S/C10H22N2O/c1-7(2)8(3)6-12-9(4)10(13)11-5/h7-9,12H,6H2,1-5H3,(H,11,13). The molecule has 0 rings (SSSR count). The van der Waals surface area contributed by atoms with Crippen LogP contribution in [-0.4, -0.2) is 25.5 Å². The van der Waals surface area contributed by atoms with Crippen LogP contribution in [-0.2, 0) is 4.79 Å². The molecule has 0 aromatic carbocycles. The second-order valence-corrected chi connectivity index (χ2v) is 3.97. The number of likely N-dealkylation sites (N-methyl/N-ethyl adjacent to an activating group) is 1. The van der Waals surface area contributed by atoms with E-state index >= 15 is 0 Å². The fraction of sp³-hybridized carbons (Fsp3) is 0.900. The number of rotatable bonds is 5. The van der Waals surface area contributed by atoms with Gasteiger partial charge in [0.25, 0.3) is 0 Å². The Morgan fingerprint density at radius 2 is 1.77 bits per heavy atom. The van der Waals surface area contributed by atoms with Crippen LogP contribution in [0.1, 0.15) is 27.7 Å². The first-order valence-electron chi connectivity index (χ1n) is 4.94. The van der Waals surface area contributed by atoms with Gasteiger partial charge in [-0.25, -0.2) is 0 Å². The van der Waals surface area contributed by atoms with Crippen LogP contribution in [0.5, 0.6) is 0 Å². The van der Waals surface area contributed by atoms with Gasteiger partial charge in [-0.15, -0.1) is 0 Å². The van der Waals surface area contributed by atoms with Gasteiger partial charge in [-0.2, -0.15) is 0 Å². The molecule has 2 N–H and O–H groups in total. The third kappa shape index (κ3) is 4.88. The van der Waals surface area contributed by atoms with Gasteiger partial charge in [-0.1, -0.05) is 20.8 Å². The van der Waals surface area contributed by atoms with E-state index in [1.165, 1.54) is 0 Å². The van der Waals surface area contributed by atoms with E-state index < -0.39 is 0 Å². The molecule has 0 aliphatic heterocycles. The van der Waals surface area contributed by atoms with E-state index in [0.29, 0.717) is 11.8 Å². The van der Waals surface area contributed by atoms with E-state index in [2.05, 4.69) is 31.4 Å². The van der Waals surface area contributed by atoms with E-state index in [1.54, 1.807) is 7.05 Å². The highest BCUT2D eigenvalue weighted by Gasteiger charge is 2.12. The summed E-state index contributed by atoms with van der Waals surface area (Å²) in [6.07, 6.45) is 0. The van der Waals surface area contributed by atoms with Crippen LogP contribution in [0.25, 0.3) is 0 Å². The SMILES string of the molecule is CNC(=O)C(C)NCC(C)C(C)C. The minimum absolute atomic E-state index is 0.0518. The summed E-state index contributed by atoms with van der Waals surface area (Å²) < 4.78 is 0. The van der Waals surface area contributed by atoms with Gasteiger partial charge in [0, 0.05) is 7.05 Å². The Bertz CT molecular complexity index is 157. The molecule has 0 aliphatic rings. The molecule has 0 radical (unpaired) electrons. The summed E-state index contributed by atoms with van der Waals surface area (Å²) in [5.74, 6) is 1.31. The number of hydrogen-bond donors (Lipinski definition) is 2. The Hall–Kier alpha value is -0.570. The predicted octanol–water partition coefficient (Wildman–Crippen LogP) is 1.00. The van der Waals surface area contributed by atoms with Gasteiger partial charge < -0.3 is 10.6 Å². The van der Waals surface area contributed by atoms with Crippen LogP contribution in [0.4, 0.5) is 0 Å². The number of hydrogen-bond acceptors (Lipinski definition) is 2. The fourth-order valence-electron chi connectivity index (χ4n) is 0.908. The van der Waals surface area contributed by atoms with Crippen molar-refractivity contribution in [2.45, 2.75) is 33.7 Å². The molecule has 0 aliphatic carbocycles. The second kappa shape index (κ2) is 5.97. The van der Waals surface area contributed by atoms with E-state index in [4.69, 9.17) is 0 Å². The topological polar surface area (TPSA) is 41.1 Å². The van der Waals surface area contributed by atoms with Crippen LogP contribution in [0.2, 0.25) is 0 Å². The maximum atomic E-state index is 11.1. The van der Waals surface area contributed by atoms with Gasteiger partial charge in [0.1, 0.15) is 0 Å². The molecule has 0 spiro atoms. The minimum atomic E-state index is -0.0915. The molecule has 78 valence electrons. The van der Waals surface area contributed by atoms with Crippen LogP contribution < -0.4 is 10.6 Å². The van der Waals surface area contributed by atoms with Crippen molar-refractivity contribution in [2.24, 2.45) is 11.8 Å². The molecular formula is C10H22N2O. The normalized spacial score (nSPS) is 15.5. The molecule has 0 bridgehead atoms. The largest absolute Gasteiger partial charge is 0.358 e. The molecular weight excluding hydrogens is 164 g/mol. The molecule has 1 amide bonds. The molecule has 0 heterocycles. The lowest BCUT2D eigenvalue weighted by Gasteiger charge is -2.19. The molecule has 2 atom stereocenters. The summed E-state index contributed by atoms with van der Waals surface area (Å²) in [6.45, 7) is 9.35. The van der Waals surface area contributed by atoms with E-state index in [9.17, 15) is 4.79 Å². The molecule has 0 fully saturated rings. The number of nitrogens with one attached hydrogen (secondary N) is 2. The van der Waals surface area contributed by atoms with Crippen LogP contribution in [0.3, 0.4) is 0 Å². The molecule has 0 aromatic heterocycles. The zero-order chi connectivity index (χ0) is 10.4. The highest BCUT2D eigenvalue weighted by atomic mass is 16.2. The van der Waals surface area contributed by atoms with Crippen molar-refractivity contribution in [2.75, 3.05) is 13.6 Å². The number of amides is 1. The predicted molar refractivity (Wildman–Crippen MR) is 55.5 cm³/mol. The minimum Gasteiger partial charge on any atom is -0.358 e. The summed E-state index contributed by atoms with van der Waals surface area (Å²) in [5, 5.41) is 5.82. The van der Waals surface area contributed by atoms with Gasteiger partial charge in [-0.05, 0) is 25.3 Å². The zero-order valence-corrected chi connectivity index (χ0v) is 9.35. The second-order valence-electron chi connectivity index (χ2n) is 3.97. The van der Waals surface area contributed by atoms with Crippen molar-refractivity contribution in [1.29, 1.82) is 0 Å². The van der Waals surface area contributed by atoms with Gasteiger partial charge >= 0.3 is 0 Å². The van der Waals surface area contributed by atoms with Crippen LogP contribution >= 0.6 is 0 Å². The van der Waals surface area contributed by atoms with Crippen LogP contribution in [0.15, 0.2) is 0 Å². The highest BCUT2D eigenvalue weighted by molar-refractivity contribution is 5.80. The van der Waals surface area contributed by atoms with Crippen molar-refractivity contribution >= 4 is 5.91 Å².